The first-order valence-corrected chi connectivity index (χ1v) is 9.29. The highest BCUT2D eigenvalue weighted by atomic mass is 35.5. The van der Waals surface area contributed by atoms with Crippen LogP contribution in [0, 0.1) is 0 Å². The molecule has 1 aromatic heterocycles. The number of benzene rings is 1. The van der Waals surface area contributed by atoms with Crippen LogP contribution in [-0.2, 0) is 4.79 Å². The zero-order valence-electron chi connectivity index (χ0n) is 12.6. The number of anilines is 2. The molecule has 0 fully saturated rings. The van der Waals surface area contributed by atoms with Gasteiger partial charge in [-0.05, 0) is 12.1 Å². The van der Waals surface area contributed by atoms with Gasteiger partial charge in [-0.25, -0.2) is 4.79 Å². The maximum Gasteiger partial charge on any atom is 0.337 e. The maximum absolute atomic E-state index is 12.1. The van der Waals surface area contributed by atoms with Crippen LogP contribution in [0.3, 0.4) is 0 Å². The smallest absolute Gasteiger partial charge is 0.337 e. The molecule has 0 radical (unpaired) electrons. The number of nitrogens with zero attached hydrogens (tertiary/aromatic N) is 2. The van der Waals surface area contributed by atoms with Gasteiger partial charge in [-0.1, -0.05) is 52.4 Å². The highest BCUT2D eigenvalue weighted by molar-refractivity contribution is 8.01. The third-order valence-electron chi connectivity index (χ3n) is 2.68. The number of carbonyl (C=O) groups excluding carboxylic acids is 1. The molecule has 0 saturated heterocycles. The van der Waals surface area contributed by atoms with Crippen molar-refractivity contribution in [2.75, 3.05) is 22.9 Å². The Balaban J connectivity index is 2.00. The third kappa shape index (κ3) is 5.60. The van der Waals surface area contributed by atoms with Gasteiger partial charge in [0.2, 0.25) is 11.0 Å². The SMILES string of the molecule is C=CCNc1nnc(SCC(=O)Nc2c(Cl)cc(Cl)cc2C(=O)O)s1. The molecule has 1 amide bonds. The summed E-state index contributed by atoms with van der Waals surface area (Å²) in [5, 5.41) is 23.4. The van der Waals surface area contributed by atoms with E-state index in [1.807, 2.05) is 0 Å². The second-order valence-electron chi connectivity index (χ2n) is 4.49. The molecule has 11 heteroatoms. The molecule has 0 bridgehead atoms. The minimum absolute atomic E-state index is 0.00905. The third-order valence-corrected chi connectivity index (χ3v) is 5.21. The van der Waals surface area contributed by atoms with Gasteiger partial charge in [0.25, 0.3) is 0 Å². The highest BCUT2D eigenvalue weighted by Crippen LogP contribution is 2.31. The Labute approximate surface area is 161 Å². The average molecular weight is 419 g/mol. The molecule has 0 aliphatic rings. The zero-order chi connectivity index (χ0) is 18.4. The largest absolute Gasteiger partial charge is 0.478 e. The fraction of sp³-hybridized carbons (Fsp3) is 0.143. The van der Waals surface area contributed by atoms with E-state index in [1.165, 1.54) is 35.2 Å². The summed E-state index contributed by atoms with van der Waals surface area (Å²) in [5.41, 5.74) is -0.169. The second kappa shape index (κ2) is 9.04. The summed E-state index contributed by atoms with van der Waals surface area (Å²) in [4.78, 5) is 23.4. The van der Waals surface area contributed by atoms with Crippen LogP contribution in [-0.4, -0.2) is 39.5 Å². The molecule has 0 atom stereocenters. The van der Waals surface area contributed by atoms with E-state index >= 15 is 0 Å². The van der Waals surface area contributed by atoms with Crippen LogP contribution in [0.1, 0.15) is 10.4 Å². The summed E-state index contributed by atoms with van der Waals surface area (Å²) in [6, 6.07) is 2.58. The van der Waals surface area contributed by atoms with E-state index < -0.39 is 11.9 Å². The topological polar surface area (TPSA) is 104 Å². The Morgan fingerprint density at radius 2 is 2.12 bits per heavy atom. The Morgan fingerprint density at radius 1 is 1.36 bits per heavy atom. The van der Waals surface area contributed by atoms with Crippen LogP contribution < -0.4 is 10.6 Å². The minimum Gasteiger partial charge on any atom is -0.478 e. The summed E-state index contributed by atoms with van der Waals surface area (Å²) in [7, 11) is 0. The molecule has 0 aliphatic heterocycles. The monoisotopic (exact) mass is 418 g/mol. The predicted octanol–water partition coefficient (Wildman–Crippen LogP) is 3.87. The quantitative estimate of drug-likeness (QED) is 0.441. The van der Waals surface area contributed by atoms with Gasteiger partial charge in [0.05, 0.1) is 22.0 Å². The lowest BCUT2D eigenvalue weighted by Crippen LogP contribution is -2.17. The first-order valence-electron chi connectivity index (χ1n) is 6.74. The molecule has 7 nitrogen and oxygen atoms in total. The van der Waals surface area contributed by atoms with E-state index in [0.29, 0.717) is 16.0 Å². The van der Waals surface area contributed by atoms with Crippen molar-refractivity contribution in [1.82, 2.24) is 10.2 Å². The Kier molecular flexibility index (Phi) is 7.06. The number of aromatic carboxylic acids is 1. The summed E-state index contributed by atoms with van der Waals surface area (Å²) in [6.45, 7) is 4.15. The predicted molar refractivity (Wildman–Crippen MR) is 101 cm³/mol. The molecular formula is C14H12Cl2N4O3S2. The molecule has 1 aromatic carbocycles. The molecule has 2 rings (SSSR count). The first-order chi connectivity index (χ1) is 11.9. The van der Waals surface area contributed by atoms with Crippen LogP contribution in [0.15, 0.2) is 29.1 Å². The summed E-state index contributed by atoms with van der Waals surface area (Å²) >= 11 is 14.3. The van der Waals surface area contributed by atoms with E-state index in [2.05, 4.69) is 27.4 Å². The lowest BCUT2D eigenvalue weighted by Gasteiger charge is -2.10. The second-order valence-corrected chi connectivity index (χ2v) is 7.54. The van der Waals surface area contributed by atoms with Gasteiger partial charge in [0.1, 0.15) is 0 Å². The Hall–Kier alpha value is -1.81. The fourth-order valence-electron chi connectivity index (χ4n) is 1.67. The number of hydrogen-bond acceptors (Lipinski definition) is 7. The van der Waals surface area contributed by atoms with Gasteiger partial charge in [-0.3, -0.25) is 4.79 Å². The number of thioether (sulfide) groups is 1. The van der Waals surface area contributed by atoms with Crippen molar-refractivity contribution < 1.29 is 14.7 Å². The van der Waals surface area contributed by atoms with Crippen LogP contribution in [0.5, 0.6) is 0 Å². The van der Waals surface area contributed by atoms with Crippen molar-refractivity contribution >= 4 is 69.0 Å². The van der Waals surface area contributed by atoms with Crippen molar-refractivity contribution in [1.29, 1.82) is 0 Å². The van der Waals surface area contributed by atoms with Crippen molar-refractivity contribution in [3.05, 3.63) is 40.4 Å². The minimum atomic E-state index is -1.24. The number of aromatic nitrogens is 2. The number of amides is 1. The molecule has 1 heterocycles. The molecule has 0 spiro atoms. The van der Waals surface area contributed by atoms with Crippen LogP contribution in [0.25, 0.3) is 0 Å². The fourth-order valence-corrected chi connectivity index (χ4v) is 3.77. The molecular weight excluding hydrogens is 407 g/mol. The number of hydrogen-bond donors (Lipinski definition) is 3. The van der Waals surface area contributed by atoms with Crippen molar-refractivity contribution in [3.8, 4) is 0 Å². The number of carboxylic acids is 1. The number of halogens is 2. The van der Waals surface area contributed by atoms with Gasteiger partial charge in [-0.2, -0.15) is 0 Å². The number of carboxylic acid groups (broad SMARTS) is 1. The first kappa shape index (κ1) is 19.5. The van der Waals surface area contributed by atoms with E-state index in [9.17, 15) is 14.7 Å². The van der Waals surface area contributed by atoms with Gasteiger partial charge >= 0.3 is 5.97 Å². The van der Waals surface area contributed by atoms with Gasteiger partial charge in [0.15, 0.2) is 4.34 Å². The average Bonchev–Trinajstić information content (AvgIpc) is 3.01. The summed E-state index contributed by atoms with van der Waals surface area (Å²) < 4.78 is 0.599. The lowest BCUT2D eigenvalue weighted by atomic mass is 10.1. The molecule has 0 aliphatic carbocycles. The lowest BCUT2D eigenvalue weighted by molar-refractivity contribution is -0.113. The standard InChI is InChI=1S/C14H12Cl2N4O3S2/c1-2-3-17-13-19-20-14(25-13)24-6-10(21)18-11-8(12(22)23)4-7(15)5-9(11)16/h2,4-5H,1,3,6H2,(H,17,19)(H,18,21)(H,22,23). The van der Waals surface area contributed by atoms with Gasteiger partial charge in [-0.15, -0.1) is 16.8 Å². The van der Waals surface area contributed by atoms with Gasteiger partial charge < -0.3 is 15.7 Å². The number of carbonyl (C=O) groups is 2. The number of rotatable bonds is 8. The summed E-state index contributed by atoms with van der Waals surface area (Å²) in [6.07, 6.45) is 1.69. The van der Waals surface area contributed by atoms with Crippen LogP contribution in [0.2, 0.25) is 10.0 Å². The molecule has 0 unspecified atom stereocenters. The maximum atomic E-state index is 12.1. The molecule has 2 aromatic rings. The molecule has 3 N–H and O–H groups in total. The van der Waals surface area contributed by atoms with Crippen molar-refractivity contribution in [2.24, 2.45) is 0 Å². The molecule has 132 valence electrons. The van der Waals surface area contributed by atoms with E-state index in [1.54, 1.807) is 6.08 Å². The molecule has 25 heavy (non-hydrogen) atoms. The normalized spacial score (nSPS) is 10.3. The van der Waals surface area contributed by atoms with Crippen molar-refractivity contribution in [2.45, 2.75) is 4.34 Å². The zero-order valence-corrected chi connectivity index (χ0v) is 15.7. The highest BCUT2D eigenvalue weighted by Gasteiger charge is 2.18. The van der Waals surface area contributed by atoms with Crippen molar-refractivity contribution in [3.63, 3.8) is 0 Å². The van der Waals surface area contributed by atoms with Crippen LogP contribution in [0.4, 0.5) is 10.8 Å². The molecule has 0 saturated carbocycles. The van der Waals surface area contributed by atoms with E-state index in [-0.39, 0.29) is 27.0 Å². The Morgan fingerprint density at radius 3 is 2.80 bits per heavy atom. The van der Waals surface area contributed by atoms with Gasteiger partial charge in [0, 0.05) is 11.6 Å². The van der Waals surface area contributed by atoms with Crippen LogP contribution >= 0.6 is 46.3 Å². The number of nitrogens with one attached hydrogen (secondary N) is 2. The van der Waals surface area contributed by atoms with E-state index in [0.717, 1.165) is 0 Å². The summed E-state index contributed by atoms with van der Waals surface area (Å²) in [5.74, 6) is -1.64. The van der Waals surface area contributed by atoms with E-state index in [4.69, 9.17) is 23.2 Å². The Bertz CT molecular complexity index is 813.